The SMILES string of the molecule is CCOc1ccc(CC(N)CC(=O)O)cc1F. The van der Waals surface area contributed by atoms with Crippen molar-refractivity contribution in [2.45, 2.75) is 25.8 Å². The first-order chi connectivity index (χ1) is 8.02. The first-order valence-electron chi connectivity index (χ1n) is 5.41. The summed E-state index contributed by atoms with van der Waals surface area (Å²) in [6, 6.07) is 4.04. The number of nitrogens with two attached hydrogens (primary N) is 1. The van der Waals surface area contributed by atoms with Crippen LogP contribution in [0.1, 0.15) is 18.9 Å². The highest BCUT2D eigenvalue weighted by atomic mass is 19.1. The summed E-state index contributed by atoms with van der Waals surface area (Å²) in [6.45, 7) is 2.17. The third-order valence-electron chi connectivity index (χ3n) is 2.23. The largest absolute Gasteiger partial charge is 0.491 e. The number of ether oxygens (including phenoxy) is 1. The second kappa shape index (κ2) is 6.20. The van der Waals surface area contributed by atoms with Crippen molar-refractivity contribution in [3.63, 3.8) is 0 Å². The van der Waals surface area contributed by atoms with Gasteiger partial charge in [-0.15, -0.1) is 0 Å². The van der Waals surface area contributed by atoms with E-state index in [0.29, 0.717) is 18.6 Å². The van der Waals surface area contributed by atoms with Gasteiger partial charge in [-0.25, -0.2) is 4.39 Å². The second-order valence-electron chi connectivity index (χ2n) is 3.76. The molecule has 3 N–H and O–H groups in total. The summed E-state index contributed by atoms with van der Waals surface area (Å²) in [5.41, 5.74) is 6.29. The van der Waals surface area contributed by atoms with Crippen molar-refractivity contribution >= 4 is 5.97 Å². The highest BCUT2D eigenvalue weighted by molar-refractivity contribution is 5.67. The molecule has 0 saturated heterocycles. The molecule has 0 bridgehead atoms. The van der Waals surface area contributed by atoms with Gasteiger partial charge >= 0.3 is 5.97 Å². The molecule has 94 valence electrons. The van der Waals surface area contributed by atoms with E-state index in [1.807, 2.05) is 0 Å². The first kappa shape index (κ1) is 13.4. The zero-order valence-electron chi connectivity index (χ0n) is 9.65. The molecule has 0 radical (unpaired) electrons. The van der Waals surface area contributed by atoms with Gasteiger partial charge in [0.1, 0.15) is 0 Å². The Hall–Kier alpha value is -1.62. The molecular formula is C12H16FNO3. The molecule has 0 aliphatic heterocycles. The van der Waals surface area contributed by atoms with Crippen LogP contribution in [0.25, 0.3) is 0 Å². The number of halogens is 1. The molecule has 0 aromatic heterocycles. The van der Waals surface area contributed by atoms with Crippen LogP contribution in [-0.2, 0) is 11.2 Å². The molecule has 17 heavy (non-hydrogen) atoms. The van der Waals surface area contributed by atoms with Gasteiger partial charge in [0.05, 0.1) is 13.0 Å². The number of carboxylic acid groups (broad SMARTS) is 1. The number of rotatable bonds is 6. The summed E-state index contributed by atoms with van der Waals surface area (Å²) in [5.74, 6) is -1.21. The summed E-state index contributed by atoms with van der Waals surface area (Å²) >= 11 is 0. The monoisotopic (exact) mass is 241 g/mol. The van der Waals surface area contributed by atoms with Gasteiger partial charge in [0, 0.05) is 6.04 Å². The number of hydrogen-bond acceptors (Lipinski definition) is 3. The fourth-order valence-electron chi connectivity index (χ4n) is 1.54. The van der Waals surface area contributed by atoms with Gasteiger partial charge in [-0.1, -0.05) is 6.07 Å². The van der Waals surface area contributed by atoms with E-state index in [1.54, 1.807) is 13.0 Å². The molecule has 5 heteroatoms. The molecule has 4 nitrogen and oxygen atoms in total. The van der Waals surface area contributed by atoms with Crippen molar-refractivity contribution < 1.29 is 19.0 Å². The summed E-state index contributed by atoms with van der Waals surface area (Å²) in [5, 5.41) is 8.56. The van der Waals surface area contributed by atoms with Crippen LogP contribution in [0.4, 0.5) is 4.39 Å². The Labute approximate surface area is 99.2 Å². The minimum atomic E-state index is -0.955. The lowest BCUT2D eigenvalue weighted by Crippen LogP contribution is -2.26. The molecule has 1 atom stereocenters. The Balaban J connectivity index is 2.66. The van der Waals surface area contributed by atoms with Crippen LogP contribution >= 0.6 is 0 Å². The summed E-state index contributed by atoms with van der Waals surface area (Å²) in [4.78, 5) is 10.4. The lowest BCUT2D eigenvalue weighted by atomic mass is 10.0. The Morgan fingerprint density at radius 1 is 1.59 bits per heavy atom. The lowest BCUT2D eigenvalue weighted by molar-refractivity contribution is -0.137. The fraction of sp³-hybridized carbons (Fsp3) is 0.417. The minimum Gasteiger partial charge on any atom is -0.491 e. The van der Waals surface area contributed by atoms with Gasteiger partial charge in [-0.05, 0) is 31.0 Å². The Bertz CT molecular complexity index is 395. The molecule has 0 aliphatic rings. The predicted molar refractivity (Wildman–Crippen MR) is 61.5 cm³/mol. The van der Waals surface area contributed by atoms with Gasteiger partial charge in [0.2, 0.25) is 0 Å². The van der Waals surface area contributed by atoms with E-state index in [-0.39, 0.29) is 12.2 Å². The zero-order chi connectivity index (χ0) is 12.8. The Morgan fingerprint density at radius 3 is 2.82 bits per heavy atom. The second-order valence-corrected chi connectivity index (χ2v) is 3.76. The molecule has 0 heterocycles. The van der Waals surface area contributed by atoms with Crippen LogP contribution in [0.2, 0.25) is 0 Å². The third-order valence-corrected chi connectivity index (χ3v) is 2.23. The van der Waals surface area contributed by atoms with E-state index in [2.05, 4.69) is 0 Å². The van der Waals surface area contributed by atoms with E-state index in [4.69, 9.17) is 15.6 Å². The van der Waals surface area contributed by atoms with Crippen LogP contribution < -0.4 is 10.5 Å². The van der Waals surface area contributed by atoms with Gasteiger partial charge in [0.25, 0.3) is 0 Å². The van der Waals surface area contributed by atoms with E-state index in [0.717, 1.165) is 0 Å². The number of benzene rings is 1. The number of carboxylic acids is 1. The van der Waals surface area contributed by atoms with Gasteiger partial charge in [-0.3, -0.25) is 4.79 Å². The average molecular weight is 241 g/mol. The van der Waals surface area contributed by atoms with Crippen molar-refractivity contribution in [1.29, 1.82) is 0 Å². The molecule has 0 amide bonds. The lowest BCUT2D eigenvalue weighted by Gasteiger charge is -2.10. The van der Waals surface area contributed by atoms with E-state index < -0.39 is 17.8 Å². The molecule has 1 aromatic carbocycles. The summed E-state index contributed by atoms with van der Waals surface area (Å²) in [7, 11) is 0. The summed E-state index contributed by atoms with van der Waals surface area (Å²) < 4.78 is 18.5. The van der Waals surface area contributed by atoms with E-state index >= 15 is 0 Å². The van der Waals surface area contributed by atoms with Crippen LogP contribution in [-0.4, -0.2) is 23.7 Å². The van der Waals surface area contributed by atoms with Gasteiger partial charge < -0.3 is 15.6 Å². The highest BCUT2D eigenvalue weighted by Crippen LogP contribution is 2.19. The number of hydrogen-bond donors (Lipinski definition) is 2. The molecule has 0 spiro atoms. The van der Waals surface area contributed by atoms with Crippen molar-refractivity contribution in [1.82, 2.24) is 0 Å². The maximum absolute atomic E-state index is 13.5. The molecular weight excluding hydrogens is 225 g/mol. The topological polar surface area (TPSA) is 72.5 Å². The normalized spacial score (nSPS) is 12.2. The number of carbonyl (C=O) groups is 1. The molecule has 1 aromatic rings. The molecule has 0 aliphatic carbocycles. The van der Waals surface area contributed by atoms with Gasteiger partial charge in [-0.2, -0.15) is 0 Å². The van der Waals surface area contributed by atoms with Crippen molar-refractivity contribution in [3.8, 4) is 5.75 Å². The zero-order valence-corrected chi connectivity index (χ0v) is 9.65. The summed E-state index contributed by atoms with van der Waals surface area (Å²) in [6.07, 6.45) is 0.199. The highest BCUT2D eigenvalue weighted by Gasteiger charge is 2.11. The smallest absolute Gasteiger partial charge is 0.304 e. The number of aliphatic carboxylic acids is 1. The van der Waals surface area contributed by atoms with E-state index in [9.17, 15) is 9.18 Å². The molecule has 1 rings (SSSR count). The van der Waals surface area contributed by atoms with Gasteiger partial charge in [0.15, 0.2) is 11.6 Å². The quantitative estimate of drug-likeness (QED) is 0.793. The fourth-order valence-corrected chi connectivity index (χ4v) is 1.54. The minimum absolute atomic E-state index is 0.130. The van der Waals surface area contributed by atoms with Crippen LogP contribution in [0.5, 0.6) is 5.75 Å². The van der Waals surface area contributed by atoms with Crippen LogP contribution in [0, 0.1) is 5.82 Å². The van der Waals surface area contributed by atoms with E-state index in [1.165, 1.54) is 12.1 Å². The van der Waals surface area contributed by atoms with Crippen molar-refractivity contribution in [3.05, 3.63) is 29.6 Å². The van der Waals surface area contributed by atoms with Crippen molar-refractivity contribution in [2.75, 3.05) is 6.61 Å². The third kappa shape index (κ3) is 4.40. The maximum Gasteiger partial charge on any atom is 0.304 e. The van der Waals surface area contributed by atoms with Crippen LogP contribution in [0.15, 0.2) is 18.2 Å². The standard InChI is InChI=1S/C12H16FNO3/c1-2-17-11-4-3-8(6-10(11)13)5-9(14)7-12(15)16/h3-4,6,9H,2,5,7,14H2,1H3,(H,15,16). The van der Waals surface area contributed by atoms with Crippen LogP contribution in [0.3, 0.4) is 0 Å². The van der Waals surface area contributed by atoms with Crippen molar-refractivity contribution in [2.24, 2.45) is 5.73 Å². The Morgan fingerprint density at radius 2 is 2.29 bits per heavy atom. The molecule has 1 unspecified atom stereocenters. The maximum atomic E-state index is 13.5. The Kier molecular flexibility index (Phi) is 4.90. The molecule has 0 saturated carbocycles. The average Bonchev–Trinajstić information content (AvgIpc) is 2.21. The predicted octanol–water partition coefficient (Wildman–Crippen LogP) is 1.57. The first-order valence-corrected chi connectivity index (χ1v) is 5.41. The molecule has 0 fully saturated rings.